The van der Waals surface area contributed by atoms with Crippen molar-refractivity contribution < 1.29 is 14.0 Å². The number of carbonyl (C=O) groups excluding carboxylic acids is 2. The van der Waals surface area contributed by atoms with Crippen molar-refractivity contribution in [3.05, 3.63) is 71.8 Å². The molecule has 0 unspecified atom stereocenters. The summed E-state index contributed by atoms with van der Waals surface area (Å²) < 4.78 is 13.9. The third-order valence-corrected chi connectivity index (χ3v) is 4.84. The Morgan fingerprint density at radius 3 is 2.79 bits per heavy atom. The molecule has 1 N–H and O–H groups in total. The Bertz CT molecular complexity index is 1030. The molecule has 6 nitrogen and oxygen atoms in total. The molecule has 28 heavy (non-hydrogen) atoms. The molecule has 7 heteroatoms. The van der Waals surface area contributed by atoms with Gasteiger partial charge in [-0.3, -0.25) is 19.6 Å². The van der Waals surface area contributed by atoms with E-state index in [1.54, 1.807) is 4.90 Å². The van der Waals surface area contributed by atoms with E-state index in [9.17, 15) is 14.0 Å². The molecule has 1 aliphatic heterocycles. The Morgan fingerprint density at radius 1 is 1.18 bits per heavy atom. The maximum absolute atomic E-state index is 13.9. The lowest BCUT2D eigenvalue weighted by atomic mass is 10.0. The Morgan fingerprint density at radius 2 is 1.96 bits per heavy atom. The highest BCUT2D eigenvalue weighted by atomic mass is 19.1. The molecule has 2 aromatic carbocycles. The van der Waals surface area contributed by atoms with Gasteiger partial charge in [0.25, 0.3) is 5.91 Å². The van der Waals surface area contributed by atoms with E-state index in [1.165, 1.54) is 18.5 Å². The van der Waals surface area contributed by atoms with Gasteiger partial charge in [0.05, 0.1) is 11.1 Å². The average molecular weight is 378 g/mol. The fraction of sp³-hybridized carbons (Fsp3) is 0.238. The van der Waals surface area contributed by atoms with Gasteiger partial charge in [-0.25, -0.2) is 4.39 Å². The highest BCUT2D eigenvalue weighted by molar-refractivity contribution is 6.06. The number of fused-ring (bicyclic) bond motifs is 1. The minimum atomic E-state index is -0.639. The van der Waals surface area contributed by atoms with Crippen LogP contribution in [0.15, 0.2) is 54.9 Å². The molecular weight excluding hydrogens is 359 g/mol. The monoisotopic (exact) mass is 378 g/mol. The van der Waals surface area contributed by atoms with Gasteiger partial charge in [0.1, 0.15) is 17.4 Å². The summed E-state index contributed by atoms with van der Waals surface area (Å²) in [6.07, 6.45) is 4.22. The number of aromatic nitrogens is 2. The molecule has 3 aromatic rings. The minimum absolute atomic E-state index is 0.0797. The number of benzene rings is 2. The Hall–Kier alpha value is -3.35. The zero-order valence-electron chi connectivity index (χ0n) is 15.1. The zero-order chi connectivity index (χ0) is 19.5. The van der Waals surface area contributed by atoms with E-state index in [4.69, 9.17) is 0 Å². The predicted octanol–water partition coefficient (Wildman–Crippen LogP) is 2.69. The Balaban J connectivity index is 1.52. The Kier molecular flexibility index (Phi) is 4.97. The lowest BCUT2D eigenvalue weighted by Crippen LogP contribution is -2.51. The first kappa shape index (κ1) is 18.0. The lowest BCUT2D eigenvalue weighted by Gasteiger charge is -2.32. The quantitative estimate of drug-likeness (QED) is 0.757. The lowest BCUT2D eigenvalue weighted by molar-refractivity contribution is -0.136. The summed E-state index contributed by atoms with van der Waals surface area (Å²) in [6.45, 7) is 1.15. The summed E-state index contributed by atoms with van der Waals surface area (Å²) in [6, 6.07) is 11.4. The van der Waals surface area contributed by atoms with Crippen LogP contribution in [0.25, 0.3) is 11.0 Å². The molecule has 0 bridgehead atoms. The summed E-state index contributed by atoms with van der Waals surface area (Å²) in [5.74, 6) is -1.22. The molecule has 4 rings (SSSR count). The van der Waals surface area contributed by atoms with Gasteiger partial charge in [0.15, 0.2) is 0 Å². The molecule has 1 fully saturated rings. The molecule has 0 radical (unpaired) electrons. The van der Waals surface area contributed by atoms with Crippen molar-refractivity contribution in [1.82, 2.24) is 20.2 Å². The van der Waals surface area contributed by atoms with Crippen LogP contribution in [0, 0.1) is 5.82 Å². The van der Waals surface area contributed by atoms with Crippen LogP contribution < -0.4 is 5.32 Å². The summed E-state index contributed by atoms with van der Waals surface area (Å²) in [7, 11) is 0. The number of amides is 2. The normalized spacial score (nSPS) is 17.0. The molecule has 2 amide bonds. The maximum Gasteiger partial charge on any atom is 0.254 e. The molecule has 1 aliphatic rings. The second-order valence-electron chi connectivity index (χ2n) is 6.79. The van der Waals surface area contributed by atoms with E-state index in [1.807, 2.05) is 30.3 Å². The minimum Gasteiger partial charge on any atom is -0.340 e. The van der Waals surface area contributed by atoms with Gasteiger partial charge in [0.2, 0.25) is 5.91 Å². The van der Waals surface area contributed by atoms with Crippen LogP contribution in [0.3, 0.4) is 0 Å². The fourth-order valence-corrected chi connectivity index (χ4v) is 3.48. The first-order chi connectivity index (χ1) is 13.6. The van der Waals surface area contributed by atoms with Gasteiger partial charge >= 0.3 is 0 Å². The van der Waals surface area contributed by atoms with E-state index in [-0.39, 0.29) is 11.5 Å². The van der Waals surface area contributed by atoms with Crippen molar-refractivity contribution in [3.63, 3.8) is 0 Å². The van der Waals surface area contributed by atoms with Crippen molar-refractivity contribution in [2.75, 3.05) is 6.54 Å². The van der Waals surface area contributed by atoms with Crippen LogP contribution in [-0.2, 0) is 11.3 Å². The SMILES string of the molecule is O=C(N[C@H]1CCCN(Cc2ccccc2)C1=O)c1cc(F)cc2nccnc12. The van der Waals surface area contributed by atoms with Crippen LogP contribution >= 0.6 is 0 Å². The number of piperidine rings is 1. The van der Waals surface area contributed by atoms with Crippen molar-refractivity contribution in [2.24, 2.45) is 0 Å². The number of rotatable bonds is 4. The zero-order valence-corrected chi connectivity index (χ0v) is 15.1. The number of hydrogen-bond acceptors (Lipinski definition) is 4. The van der Waals surface area contributed by atoms with E-state index in [0.717, 1.165) is 18.1 Å². The number of nitrogens with one attached hydrogen (secondary N) is 1. The van der Waals surface area contributed by atoms with E-state index in [2.05, 4.69) is 15.3 Å². The van der Waals surface area contributed by atoms with E-state index < -0.39 is 17.8 Å². The van der Waals surface area contributed by atoms with E-state index >= 15 is 0 Å². The second kappa shape index (κ2) is 7.72. The van der Waals surface area contributed by atoms with Crippen LogP contribution in [0.5, 0.6) is 0 Å². The third-order valence-electron chi connectivity index (χ3n) is 4.84. The van der Waals surface area contributed by atoms with Gasteiger partial charge in [-0.2, -0.15) is 0 Å². The van der Waals surface area contributed by atoms with Gasteiger partial charge in [-0.15, -0.1) is 0 Å². The molecule has 0 aliphatic carbocycles. The number of hydrogen-bond donors (Lipinski definition) is 1. The fourth-order valence-electron chi connectivity index (χ4n) is 3.48. The van der Waals surface area contributed by atoms with Crippen LogP contribution in [0.2, 0.25) is 0 Å². The van der Waals surface area contributed by atoms with Gasteiger partial charge in [-0.05, 0) is 24.5 Å². The highest BCUT2D eigenvalue weighted by Crippen LogP contribution is 2.19. The largest absolute Gasteiger partial charge is 0.340 e. The van der Waals surface area contributed by atoms with Crippen molar-refractivity contribution >= 4 is 22.8 Å². The topological polar surface area (TPSA) is 75.2 Å². The number of carbonyl (C=O) groups is 2. The summed E-state index contributed by atoms with van der Waals surface area (Å²) in [4.78, 5) is 35.5. The number of likely N-dealkylation sites (tertiary alicyclic amines) is 1. The van der Waals surface area contributed by atoms with Gasteiger partial charge in [0, 0.05) is 31.5 Å². The highest BCUT2D eigenvalue weighted by Gasteiger charge is 2.30. The second-order valence-corrected chi connectivity index (χ2v) is 6.79. The van der Waals surface area contributed by atoms with Crippen molar-refractivity contribution in [1.29, 1.82) is 0 Å². The Labute approximate surface area is 161 Å². The molecule has 0 saturated carbocycles. The van der Waals surface area contributed by atoms with Crippen LogP contribution in [-0.4, -0.2) is 39.3 Å². The molecule has 2 heterocycles. The molecule has 0 spiro atoms. The summed E-state index contributed by atoms with van der Waals surface area (Å²) in [5, 5.41) is 2.76. The molecule has 1 atom stereocenters. The first-order valence-electron chi connectivity index (χ1n) is 9.15. The molecule has 1 saturated heterocycles. The van der Waals surface area contributed by atoms with E-state index in [0.29, 0.717) is 30.5 Å². The van der Waals surface area contributed by atoms with Crippen molar-refractivity contribution in [3.8, 4) is 0 Å². The number of halogens is 1. The van der Waals surface area contributed by atoms with Gasteiger partial charge < -0.3 is 10.2 Å². The molecular formula is C21H19FN4O2. The summed E-state index contributed by atoms with van der Waals surface area (Å²) in [5.41, 5.74) is 1.73. The third kappa shape index (κ3) is 3.69. The predicted molar refractivity (Wildman–Crippen MR) is 102 cm³/mol. The standard InChI is InChI=1S/C21H19FN4O2/c22-15-11-16(19-18(12-15)23-8-9-24-19)20(27)25-17-7-4-10-26(21(17)28)13-14-5-2-1-3-6-14/h1-3,5-6,8-9,11-12,17H,4,7,10,13H2,(H,25,27)/t17-/m0/s1. The molecule has 1 aromatic heterocycles. The maximum atomic E-state index is 13.9. The summed E-state index contributed by atoms with van der Waals surface area (Å²) >= 11 is 0. The van der Waals surface area contributed by atoms with Crippen LogP contribution in [0.1, 0.15) is 28.8 Å². The van der Waals surface area contributed by atoms with Crippen molar-refractivity contribution in [2.45, 2.75) is 25.4 Å². The van der Waals surface area contributed by atoms with Gasteiger partial charge in [-0.1, -0.05) is 30.3 Å². The first-order valence-corrected chi connectivity index (χ1v) is 9.15. The smallest absolute Gasteiger partial charge is 0.254 e. The molecule has 142 valence electrons. The average Bonchev–Trinajstić information content (AvgIpc) is 2.71. The van der Waals surface area contributed by atoms with Crippen LogP contribution in [0.4, 0.5) is 4.39 Å². The number of nitrogens with zero attached hydrogens (tertiary/aromatic N) is 3.